The number of aromatic nitrogens is 1. The molecule has 0 spiro atoms. The van der Waals surface area contributed by atoms with Gasteiger partial charge in [0.05, 0.1) is 11.2 Å². The predicted octanol–water partition coefficient (Wildman–Crippen LogP) is 5.65. The van der Waals surface area contributed by atoms with Gasteiger partial charge in [-0.05, 0) is 56.4 Å². The maximum absolute atomic E-state index is 5.04. The van der Waals surface area contributed by atoms with Gasteiger partial charge in [-0.3, -0.25) is 4.98 Å². The minimum absolute atomic E-state index is 0.678. The van der Waals surface area contributed by atoms with Crippen LogP contribution < -0.4 is 5.32 Å². The Morgan fingerprint density at radius 1 is 1.00 bits per heavy atom. The van der Waals surface area contributed by atoms with E-state index in [1.165, 1.54) is 47.2 Å². The molecule has 2 heteroatoms. The van der Waals surface area contributed by atoms with Crippen LogP contribution in [0.1, 0.15) is 47.9 Å². The summed E-state index contributed by atoms with van der Waals surface area (Å²) in [6, 6.07) is 17.1. The number of rotatable bonds is 2. The smallest absolute Gasteiger partial charge is 0.0726 e. The minimum atomic E-state index is 0.678. The first-order chi connectivity index (χ1) is 11.3. The van der Waals surface area contributed by atoms with Gasteiger partial charge in [-0.2, -0.15) is 0 Å². The normalized spacial score (nSPS) is 21.6. The first kappa shape index (κ1) is 13.1. The van der Waals surface area contributed by atoms with E-state index in [9.17, 15) is 0 Å². The summed E-state index contributed by atoms with van der Waals surface area (Å²) in [7, 11) is 0. The molecule has 3 aromatic rings. The highest BCUT2D eigenvalue weighted by Gasteiger charge is 2.40. The number of para-hydroxylation sites is 1. The molecule has 2 aliphatic rings. The lowest BCUT2D eigenvalue weighted by Gasteiger charge is -2.21. The van der Waals surface area contributed by atoms with Crippen LogP contribution in [0, 0.1) is 6.92 Å². The average Bonchev–Trinajstić information content (AvgIpc) is 3.18. The third-order valence-electron chi connectivity index (χ3n) is 5.48. The van der Waals surface area contributed by atoms with Crippen molar-refractivity contribution in [3.63, 3.8) is 0 Å². The summed E-state index contributed by atoms with van der Waals surface area (Å²) in [6.07, 6.45) is 3.92. The second-order valence-corrected chi connectivity index (χ2v) is 7.00. The Morgan fingerprint density at radius 3 is 2.70 bits per heavy atom. The molecule has 2 aromatic carbocycles. The molecule has 2 unspecified atom stereocenters. The third-order valence-corrected chi connectivity index (χ3v) is 5.48. The number of hydrogen-bond acceptors (Lipinski definition) is 2. The quantitative estimate of drug-likeness (QED) is 0.661. The van der Waals surface area contributed by atoms with Crippen molar-refractivity contribution in [1.82, 2.24) is 4.98 Å². The lowest BCUT2D eigenvalue weighted by molar-refractivity contribution is 0.702. The largest absolute Gasteiger partial charge is 0.355 e. The van der Waals surface area contributed by atoms with Crippen LogP contribution >= 0.6 is 0 Å². The summed E-state index contributed by atoms with van der Waals surface area (Å²) in [5, 5.41) is 4.98. The standard InChI is InChI=1S/C21H20N2/c1-13-7-10-18-17(11-13)21(22-16-5-3-2-4-6-16)19-14-8-9-15(12-14)20(19)23-18/h2-7,10-11,14-15H,8-9,12H2,1H3,(H,22,23). The monoisotopic (exact) mass is 300 g/mol. The molecule has 2 bridgehead atoms. The maximum atomic E-state index is 5.04. The molecule has 1 fully saturated rings. The number of nitrogens with one attached hydrogen (secondary N) is 1. The Labute approximate surface area is 136 Å². The van der Waals surface area contributed by atoms with E-state index in [4.69, 9.17) is 4.98 Å². The zero-order chi connectivity index (χ0) is 15.4. The summed E-state index contributed by atoms with van der Waals surface area (Å²) < 4.78 is 0. The molecule has 0 radical (unpaired) electrons. The second kappa shape index (κ2) is 4.82. The summed E-state index contributed by atoms with van der Waals surface area (Å²) in [6.45, 7) is 2.16. The maximum Gasteiger partial charge on any atom is 0.0726 e. The first-order valence-corrected chi connectivity index (χ1v) is 8.56. The summed E-state index contributed by atoms with van der Waals surface area (Å²) >= 11 is 0. The molecule has 0 aliphatic heterocycles. The van der Waals surface area contributed by atoms with Crippen LogP contribution in [0.25, 0.3) is 10.9 Å². The second-order valence-electron chi connectivity index (χ2n) is 7.00. The van der Waals surface area contributed by atoms with Crippen molar-refractivity contribution in [2.45, 2.75) is 38.0 Å². The van der Waals surface area contributed by atoms with E-state index >= 15 is 0 Å². The predicted molar refractivity (Wildman–Crippen MR) is 95.5 cm³/mol. The number of nitrogens with zero attached hydrogens (tertiary/aromatic N) is 1. The Balaban J connectivity index is 1.78. The summed E-state index contributed by atoms with van der Waals surface area (Å²) in [5.41, 5.74) is 7.72. The first-order valence-electron chi connectivity index (χ1n) is 8.56. The Kier molecular flexibility index (Phi) is 2.75. The van der Waals surface area contributed by atoms with Gasteiger partial charge in [0.1, 0.15) is 0 Å². The van der Waals surface area contributed by atoms with Gasteiger partial charge in [0.25, 0.3) is 0 Å². The van der Waals surface area contributed by atoms with Crippen LogP contribution in [0.2, 0.25) is 0 Å². The van der Waals surface area contributed by atoms with Crippen molar-refractivity contribution >= 4 is 22.3 Å². The van der Waals surface area contributed by atoms with E-state index < -0.39 is 0 Å². The summed E-state index contributed by atoms with van der Waals surface area (Å²) in [5.74, 6) is 1.37. The molecule has 0 saturated heterocycles. The van der Waals surface area contributed by atoms with Gasteiger partial charge < -0.3 is 5.32 Å². The fraction of sp³-hybridized carbons (Fsp3) is 0.286. The Morgan fingerprint density at radius 2 is 1.83 bits per heavy atom. The average molecular weight is 300 g/mol. The molecule has 1 aromatic heterocycles. The van der Waals surface area contributed by atoms with E-state index in [2.05, 4.69) is 60.8 Å². The van der Waals surface area contributed by atoms with Crippen LogP contribution in [0.4, 0.5) is 11.4 Å². The van der Waals surface area contributed by atoms with Gasteiger partial charge >= 0.3 is 0 Å². The van der Waals surface area contributed by atoms with Crippen molar-refractivity contribution in [2.24, 2.45) is 0 Å². The van der Waals surface area contributed by atoms with Gasteiger partial charge in [-0.25, -0.2) is 0 Å². The molecule has 1 N–H and O–H groups in total. The molecule has 1 heterocycles. The molecule has 1 saturated carbocycles. The van der Waals surface area contributed by atoms with Crippen LogP contribution in [0.3, 0.4) is 0 Å². The van der Waals surface area contributed by atoms with Crippen molar-refractivity contribution in [2.75, 3.05) is 5.32 Å². The molecule has 2 atom stereocenters. The van der Waals surface area contributed by atoms with E-state index in [-0.39, 0.29) is 0 Å². The molecular weight excluding hydrogens is 280 g/mol. The molecule has 23 heavy (non-hydrogen) atoms. The highest BCUT2D eigenvalue weighted by Crippen LogP contribution is 2.56. The fourth-order valence-corrected chi connectivity index (χ4v) is 4.43. The van der Waals surface area contributed by atoms with Gasteiger partial charge in [-0.1, -0.05) is 29.8 Å². The SMILES string of the molecule is Cc1ccc2nc3c(c(Nc4ccccc4)c2c1)C1CCC3C1. The molecule has 2 nitrogen and oxygen atoms in total. The van der Waals surface area contributed by atoms with Crippen LogP contribution in [0.5, 0.6) is 0 Å². The van der Waals surface area contributed by atoms with Gasteiger partial charge in [0.2, 0.25) is 0 Å². The van der Waals surface area contributed by atoms with E-state index in [1.807, 2.05) is 0 Å². The van der Waals surface area contributed by atoms with Crippen molar-refractivity contribution < 1.29 is 0 Å². The van der Waals surface area contributed by atoms with Crippen LogP contribution in [0.15, 0.2) is 48.5 Å². The number of benzene rings is 2. The number of hydrogen-bond donors (Lipinski definition) is 1. The van der Waals surface area contributed by atoms with Crippen molar-refractivity contribution in [1.29, 1.82) is 0 Å². The van der Waals surface area contributed by atoms with Crippen molar-refractivity contribution in [3.8, 4) is 0 Å². The van der Waals surface area contributed by atoms with Gasteiger partial charge in [0.15, 0.2) is 0 Å². The zero-order valence-corrected chi connectivity index (χ0v) is 13.3. The van der Waals surface area contributed by atoms with Crippen LogP contribution in [-0.4, -0.2) is 4.98 Å². The highest BCUT2D eigenvalue weighted by atomic mass is 14.9. The lowest BCUT2D eigenvalue weighted by atomic mass is 9.92. The lowest BCUT2D eigenvalue weighted by Crippen LogP contribution is -2.06. The summed E-state index contributed by atoms with van der Waals surface area (Å²) in [4.78, 5) is 5.04. The Bertz CT molecular complexity index is 899. The van der Waals surface area contributed by atoms with Crippen molar-refractivity contribution in [3.05, 3.63) is 65.4 Å². The number of pyridine rings is 1. The number of fused-ring (bicyclic) bond motifs is 6. The Hall–Kier alpha value is -2.35. The highest BCUT2D eigenvalue weighted by molar-refractivity contribution is 5.96. The molecular formula is C21H20N2. The van der Waals surface area contributed by atoms with E-state index in [0.717, 1.165) is 11.2 Å². The van der Waals surface area contributed by atoms with Crippen LogP contribution in [-0.2, 0) is 0 Å². The zero-order valence-electron chi connectivity index (χ0n) is 13.3. The third kappa shape index (κ3) is 1.98. The fourth-order valence-electron chi connectivity index (χ4n) is 4.43. The topological polar surface area (TPSA) is 24.9 Å². The van der Waals surface area contributed by atoms with Gasteiger partial charge in [-0.15, -0.1) is 0 Å². The number of aryl methyl sites for hydroxylation is 1. The van der Waals surface area contributed by atoms with E-state index in [1.54, 1.807) is 0 Å². The van der Waals surface area contributed by atoms with Gasteiger partial charge in [0, 0.05) is 28.2 Å². The molecule has 114 valence electrons. The molecule has 0 amide bonds. The molecule has 5 rings (SSSR count). The molecule has 2 aliphatic carbocycles. The number of anilines is 2. The minimum Gasteiger partial charge on any atom is -0.355 e. The van der Waals surface area contributed by atoms with E-state index in [0.29, 0.717) is 11.8 Å².